The third kappa shape index (κ3) is 2.26. The minimum atomic E-state index is -0.249. The first-order chi connectivity index (χ1) is 9.15. The molecule has 2 saturated heterocycles. The van der Waals surface area contributed by atoms with Gasteiger partial charge in [-0.2, -0.15) is 0 Å². The Kier molecular flexibility index (Phi) is 3.06. The number of aromatic hydroxyl groups is 2. The molecular formula is C14H18N2O3. The van der Waals surface area contributed by atoms with Gasteiger partial charge < -0.3 is 20.4 Å². The van der Waals surface area contributed by atoms with E-state index in [0.29, 0.717) is 17.5 Å². The number of amides is 1. The Morgan fingerprint density at radius 1 is 1.26 bits per heavy atom. The number of phenols is 2. The van der Waals surface area contributed by atoms with Crippen LogP contribution in [0.3, 0.4) is 0 Å². The molecule has 0 radical (unpaired) electrons. The van der Waals surface area contributed by atoms with Gasteiger partial charge in [0.15, 0.2) is 11.5 Å². The molecule has 2 fully saturated rings. The molecule has 1 aromatic carbocycles. The molecule has 2 heterocycles. The fourth-order valence-corrected chi connectivity index (χ4v) is 3.05. The van der Waals surface area contributed by atoms with Gasteiger partial charge in [-0.05, 0) is 43.5 Å². The zero-order valence-corrected chi connectivity index (χ0v) is 10.7. The van der Waals surface area contributed by atoms with E-state index in [0.717, 1.165) is 19.6 Å². The molecule has 2 aliphatic rings. The molecule has 3 N–H and O–H groups in total. The number of piperidine rings is 1. The van der Waals surface area contributed by atoms with Gasteiger partial charge in [-0.3, -0.25) is 4.79 Å². The summed E-state index contributed by atoms with van der Waals surface area (Å²) in [5.41, 5.74) is 0.425. The van der Waals surface area contributed by atoms with Gasteiger partial charge in [-0.15, -0.1) is 0 Å². The molecule has 2 unspecified atom stereocenters. The maximum Gasteiger partial charge on any atom is 0.254 e. The third-order valence-electron chi connectivity index (χ3n) is 4.11. The van der Waals surface area contributed by atoms with Crippen LogP contribution in [0.15, 0.2) is 18.2 Å². The van der Waals surface area contributed by atoms with Crippen LogP contribution < -0.4 is 5.32 Å². The molecule has 19 heavy (non-hydrogen) atoms. The maximum atomic E-state index is 12.4. The Morgan fingerprint density at radius 3 is 2.84 bits per heavy atom. The monoisotopic (exact) mass is 262 g/mol. The van der Waals surface area contributed by atoms with Crippen LogP contribution in [-0.4, -0.2) is 46.7 Å². The lowest BCUT2D eigenvalue weighted by Gasteiger charge is -2.24. The number of rotatable bonds is 1. The van der Waals surface area contributed by atoms with Crippen LogP contribution in [0, 0.1) is 5.92 Å². The second-order valence-electron chi connectivity index (χ2n) is 5.38. The fourth-order valence-electron chi connectivity index (χ4n) is 3.05. The van der Waals surface area contributed by atoms with E-state index < -0.39 is 0 Å². The molecule has 0 bridgehead atoms. The summed E-state index contributed by atoms with van der Waals surface area (Å²) < 4.78 is 0. The summed E-state index contributed by atoms with van der Waals surface area (Å²) in [7, 11) is 0. The van der Waals surface area contributed by atoms with Crippen LogP contribution in [0.4, 0.5) is 0 Å². The van der Waals surface area contributed by atoms with E-state index in [1.165, 1.54) is 25.0 Å². The SMILES string of the molecule is O=C(c1ccc(O)c(O)c1)N1CC2CCCNC2C1. The first-order valence-corrected chi connectivity index (χ1v) is 6.70. The molecule has 0 spiro atoms. The highest BCUT2D eigenvalue weighted by Crippen LogP contribution is 2.29. The van der Waals surface area contributed by atoms with E-state index in [1.54, 1.807) is 6.07 Å². The lowest BCUT2D eigenvalue weighted by atomic mass is 9.94. The summed E-state index contributed by atoms with van der Waals surface area (Å²) in [5, 5.41) is 22.2. The third-order valence-corrected chi connectivity index (χ3v) is 4.11. The zero-order valence-electron chi connectivity index (χ0n) is 10.7. The number of hydrogen-bond donors (Lipinski definition) is 3. The van der Waals surface area contributed by atoms with Crippen molar-refractivity contribution in [2.24, 2.45) is 5.92 Å². The Morgan fingerprint density at radius 2 is 2.11 bits per heavy atom. The van der Waals surface area contributed by atoms with Crippen LogP contribution in [0.25, 0.3) is 0 Å². The molecule has 2 atom stereocenters. The van der Waals surface area contributed by atoms with Crippen molar-refractivity contribution in [2.75, 3.05) is 19.6 Å². The molecule has 1 amide bonds. The van der Waals surface area contributed by atoms with Crippen LogP contribution in [0.2, 0.25) is 0 Å². The van der Waals surface area contributed by atoms with Crippen molar-refractivity contribution in [1.82, 2.24) is 10.2 Å². The predicted molar refractivity (Wildman–Crippen MR) is 70.2 cm³/mol. The van der Waals surface area contributed by atoms with Crippen LogP contribution in [0.1, 0.15) is 23.2 Å². The van der Waals surface area contributed by atoms with Crippen molar-refractivity contribution in [3.63, 3.8) is 0 Å². The average molecular weight is 262 g/mol. The van der Waals surface area contributed by atoms with Crippen molar-refractivity contribution in [3.05, 3.63) is 23.8 Å². The van der Waals surface area contributed by atoms with Crippen molar-refractivity contribution in [2.45, 2.75) is 18.9 Å². The molecule has 1 aromatic rings. The first kappa shape index (κ1) is 12.3. The van der Waals surface area contributed by atoms with Crippen LogP contribution in [-0.2, 0) is 0 Å². The van der Waals surface area contributed by atoms with E-state index >= 15 is 0 Å². The Bertz CT molecular complexity index is 489. The first-order valence-electron chi connectivity index (χ1n) is 6.70. The van der Waals surface area contributed by atoms with E-state index in [4.69, 9.17) is 0 Å². The molecule has 3 rings (SSSR count). The lowest BCUT2D eigenvalue weighted by molar-refractivity contribution is 0.0785. The summed E-state index contributed by atoms with van der Waals surface area (Å²) >= 11 is 0. The quantitative estimate of drug-likeness (QED) is 0.658. The summed E-state index contributed by atoms with van der Waals surface area (Å²) in [4.78, 5) is 14.2. The van der Waals surface area contributed by atoms with Crippen molar-refractivity contribution in [1.29, 1.82) is 0 Å². The predicted octanol–water partition coefficient (Wildman–Crippen LogP) is 0.922. The van der Waals surface area contributed by atoms with Gasteiger partial charge in [-0.1, -0.05) is 0 Å². The van der Waals surface area contributed by atoms with E-state index in [9.17, 15) is 15.0 Å². The number of carbonyl (C=O) groups excluding carboxylic acids is 1. The Hall–Kier alpha value is -1.75. The lowest BCUT2D eigenvalue weighted by Crippen LogP contribution is -2.41. The second kappa shape index (κ2) is 4.74. The Labute approximate surface area is 111 Å². The number of likely N-dealkylation sites (tertiary alicyclic amines) is 1. The molecule has 2 aliphatic heterocycles. The van der Waals surface area contributed by atoms with Gasteiger partial charge in [-0.25, -0.2) is 0 Å². The molecule has 5 nitrogen and oxygen atoms in total. The van der Waals surface area contributed by atoms with Gasteiger partial charge in [0.25, 0.3) is 5.91 Å². The summed E-state index contributed by atoms with van der Waals surface area (Å²) in [6.45, 7) is 2.53. The van der Waals surface area contributed by atoms with Gasteiger partial charge in [0, 0.05) is 24.7 Å². The van der Waals surface area contributed by atoms with Gasteiger partial charge in [0.2, 0.25) is 0 Å². The summed E-state index contributed by atoms with van der Waals surface area (Å²) in [6, 6.07) is 4.63. The number of nitrogens with one attached hydrogen (secondary N) is 1. The van der Waals surface area contributed by atoms with E-state index in [2.05, 4.69) is 5.32 Å². The molecule has 0 aliphatic carbocycles. The highest BCUT2D eigenvalue weighted by Gasteiger charge is 2.36. The van der Waals surface area contributed by atoms with E-state index in [1.807, 2.05) is 4.90 Å². The number of carbonyl (C=O) groups is 1. The van der Waals surface area contributed by atoms with Gasteiger partial charge in [0.1, 0.15) is 0 Å². The second-order valence-corrected chi connectivity index (χ2v) is 5.38. The van der Waals surface area contributed by atoms with E-state index in [-0.39, 0.29) is 17.4 Å². The van der Waals surface area contributed by atoms with Crippen molar-refractivity contribution < 1.29 is 15.0 Å². The van der Waals surface area contributed by atoms with Crippen LogP contribution >= 0.6 is 0 Å². The average Bonchev–Trinajstić information content (AvgIpc) is 2.85. The molecule has 0 aromatic heterocycles. The number of phenolic OH excluding ortho intramolecular Hbond substituents is 2. The minimum Gasteiger partial charge on any atom is -0.504 e. The largest absolute Gasteiger partial charge is 0.504 e. The van der Waals surface area contributed by atoms with Crippen molar-refractivity contribution in [3.8, 4) is 11.5 Å². The minimum absolute atomic E-state index is 0.0773. The molecule has 0 saturated carbocycles. The smallest absolute Gasteiger partial charge is 0.254 e. The number of hydrogen-bond acceptors (Lipinski definition) is 4. The number of fused-ring (bicyclic) bond motifs is 1. The zero-order chi connectivity index (χ0) is 13.4. The molecule has 102 valence electrons. The standard InChI is InChI=1S/C14H18N2O3/c17-12-4-3-9(6-13(12)18)14(19)16-7-10-2-1-5-15-11(10)8-16/h3-4,6,10-11,15,17-18H,1-2,5,7-8H2. The number of benzene rings is 1. The summed E-state index contributed by atoms with van der Waals surface area (Å²) in [6.07, 6.45) is 2.34. The maximum absolute atomic E-state index is 12.4. The normalized spacial score (nSPS) is 26.2. The topological polar surface area (TPSA) is 72.8 Å². The van der Waals surface area contributed by atoms with Crippen LogP contribution in [0.5, 0.6) is 11.5 Å². The van der Waals surface area contributed by atoms with Gasteiger partial charge in [0.05, 0.1) is 0 Å². The highest BCUT2D eigenvalue weighted by atomic mass is 16.3. The molecular weight excluding hydrogens is 244 g/mol. The number of nitrogens with zero attached hydrogens (tertiary/aromatic N) is 1. The van der Waals surface area contributed by atoms with Gasteiger partial charge >= 0.3 is 0 Å². The Balaban J connectivity index is 1.75. The van der Waals surface area contributed by atoms with Crippen molar-refractivity contribution >= 4 is 5.91 Å². The molecule has 5 heteroatoms. The summed E-state index contributed by atoms with van der Waals surface area (Å²) in [5.74, 6) is 0.0174. The fraction of sp³-hybridized carbons (Fsp3) is 0.500. The highest BCUT2D eigenvalue weighted by molar-refractivity contribution is 5.95.